The number of hydrogen-bond acceptors (Lipinski definition) is 5. The molecule has 0 aliphatic carbocycles. The first-order chi connectivity index (χ1) is 16.7. The number of carbonyl (C=O) groups excluding carboxylic acids is 1. The summed E-state index contributed by atoms with van der Waals surface area (Å²) in [5, 5.41) is 23.3. The quantitative estimate of drug-likeness (QED) is 0.354. The summed E-state index contributed by atoms with van der Waals surface area (Å²) in [4.78, 5) is 13.1. The molecule has 0 aromatic heterocycles. The normalized spacial score (nSPS) is 11.1. The highest BCUT2D eigenvalue weighted by molar-refractivity contribution is 6.13. The lowest BCUT2D eigenvalue weighted by atomic mass is 9.94. The first kappa shape index (κ1) is 23.4. The highest BCUT2D eigenvalue weighted by atomic mass is 19.4. The van der Waals surface area contributed by atoms with E-state index in [2.05, 4.69) is 10.1 Å². The van der Waals surface area contributed by atoms with Crippen LogP contribution in [0.1, 0.15) is 15.9 Å². The van der Waals surface area contributed by atoms with E-state index in [1.165, 1.54) is 19.2 Å². The maximum atomic E-state index is 13.1. The summed E-state index contributed by atoms with van der Waals surface area (Å²) in [5.41, 5.74) is 0.799. The number of methoxy groups -OCH3 is 1. The molecule has 9 heteroatoms. The minimum absolute atomic E-state index is 0.0856. The van der Waals surface area contributed by atoms with Gasteiger partial charge in [0.1, 0.15) is 11.5 Å². The minimum atomic E-state index is -5.04. The molecule has 4 rings (SSSR count). The van der Waals surface area contributed by atoms with E-state index in [1.54, 1.807) is 54.6 Å². The van der Waals surface area contributed by atoms with Gasteiger partial charge in [0.25, 0.3) is 5.91 Å². The minimum Gasteiger partial charge on any atom is -0.506 e. The summed E-state index contributed by atoms with van der Waals surface area (Å²) in [6, 6.07) is 20.4. The average Bonchev–Trinajstić information content (AvgIpc) is 2.84. The molecule has 1 amide bonds. The zero-order valence-electron chi connectivity index (χ0n) is 18.2. The molecule has 6 nitrogen and oxygen atoms in total. The van der Waals surface area contributed by atoms with Crippen LogP contribution in [0.4, 0.5) is 18.9 Å². The van der Waals surface area contributed by atoms with Crippen LogP contribution in [-0.2, 0) is 0 Å². The number of phenols is 1. The van der Waals surface area contributed by atoms with Gasteiger partial charge >= 0.3 is 6.36 Å². The highest BCUT2D eigenvalue weighted by Gasteiger charge is 2.32. The second-order valence-electron chi connectivity index (χ2n) is 7.42. The Kier molecular flexibility index (Phi) is 6.21. The number of alkyl halides is 3. The van der Waals surface area contributed by atoms with Gasteiger partial charge in [0.2, 0.25) is 0 Å². The zero-order valence-corrected chi connectivity index (χ0v) is 18.2. The van der Waals surface area contributed by atoms with Gasteiger partial charge in [-0.25, -0.2) is 0 Å². The van der Waals surface area contributed by atoms with Crippen molar-refractivity contribution < 1.29 is 32.5 Å². The Bertz CT molecular complexity index is 1460. The maximum absolute atomic E-state index is 13.1. The number of halogens is 3. The molecule has 176 valence electrons. The molecule has 4 aromatic carbocycles. The molecule has 2 N–H and O–H groups in total. The summed E-state index contributed by atoms with van der Waals surface area (Å²) in [6.07, 6.45) is -5.04. The van der Waals surface area contributed by atoms with E-state index in [9.17, 15) is 23.1 Å². The van der Waals surface area contributed by atoms with E-state index in [-0.39, 0.29) is 22.6 Å². The van der Waals surface area contributed by atoms with Crippen molar-refractivity contribution in [3.05, 3.63) is 83.9 Å². The second kappa shape index (κ2) is 9.27. The fourth-order valence-corrected chi connectivity index (χ4v) is 3.64. The molecular weight excluding hydrogens is 461 g/mol. The van der Waals surface area contributed by atoms with Crippen molar-refractivity contribution in [3.63, 3.8) is 0 Å². The third-order valence-electron chi connectivity index (χ3n) is 5.25. The molecule has 0 aliphatic rings. The van der Waals surface area contributed by atoms with Crippen LogP contribution >= 0.6 is 0 Å². The number of amides is 1. The van der Waals surface area contributed by atoms with Crippen molar-refractivity contribution in [2.45, 2.75) is 6.36 Å². The molecule has 0 radical (unpaired) electrons. The van der Waals surface area contributed by atoms with E-state index < -0.39 is 18.0 Å². The van der Waals surface area contributed by atoms with Crippen LogP contribution in [0.3, 0.4) is 0 Å². The number of rotatable bonds is 5. The van der Waals surface area contributed by atoms with Crippen LogP contribution in [0.5, 0.6) is 17.2 Å². The van der Waals surface area contributed by atoms with Crippen molar-refractivity contribution in [2.24, 2.45) is 0 Å². The van der Waals surface area contributed by atoms with E-state index in [0.29, 0.717) is 22.1 Å². The first-order valence-corrected chi connectivity index (χ1v) is 10.2. The number of hydrogen-bond donors (Lipinski definition) is 2. The molecular formula is C26H17F3N2O4. The number of anilines is 1. The summed E-state index contributed by atoms with van der Waals surface area (Å²) < 4.78 is 47.8. The number of phenolic OH excluding ortho intramolecular Hbond substituents is 1. The molecule has 0 saturated carbocycles. The van der Waals surface area contributed by atoms with Gasteiger partial charge in [-0.1, -0.05) is 36.4 Å². The van der Waals surface area contributed by atoms with Gasteiger partial charge in [-0.15, -0.1) is 13.2 Å². The second-order valence-corrected chi connectivity index (χ2v) is 7.42. The van der Waals surface area contributed by atoms with Gasteiger partial charge in [0, 0.05) is 11.5 Å². The number of nitriles is 1. The lowest BCUT2D eigenvalue weighted by Gasteiger charge is -2.16. The number of aromatic hydroxyl groups is 1. The molecule has 4 aromatic rings. The number of nitrogens with zero attached hydrogens (tertiary/aromatic N) is 1. The Balaban J connectivity index is 1.80. The van der Waals surface area contributed by atoms with Gasteiger partial charge in [-0.2, -0.15) is 5.26 Å². The lowest BCUT2D eigenvalue weighted by molar-refractivity contribution is -0.274. The van der Waals surface area contributed by atoms with E-state index in [0.717, 1.165) is 17.7 Å². The Labute approximate surface area is 197 Å². The number of ether oxygens (including phenoxy) is 2. The molecule has 0 unspecified atom stereocenters. The number of carbonyl (C=O) groups is 1. The van der Waals surface area contributed by atoms with Crippen LogP contribution in [0.2, 0.25) is 0 Å². The van der Waals surface area contributed by atoms with Gasteiger partial charge in [-0.3, -0.25) is 4.79 Å². The zero-order chi connectivity index (χ0) is 25.2. The largest absolute Gasteiger partial charge is 0.573 e. The monoisotopic (exact) mass is 478 g/mol. The molecule has 0 spiro atoms. The Morgan fingerprint density at radius 2 is 1.69 bits per heavy atom. The summed E-state index contributed by atoms with van der Waals surface area (Å²) in [6.45, 7) is 0. The predicted molar refractivity (Wildman–Crippen MR) is 123 cm³/mol. The SMILES string of the molecule is COc1ccc(-c2cc(C(=O)Nc3ccc(C#N)cc3OC(F)(F)F)c(O)c3ccccc23)cc1. The predicted octanol–water partition coefficient (Wildman–Crippen LogP) is 6.24. The summed E-state index contributed by atoms with van der Waals surface area (Å²) in [5.74, 6) is -1.31. The molecule has 35 heavy (non-hydrogen) atoms. The van der Waals surface area contributed by atoms with Crippen molar-refractivity contribution in [1.29, 1.82) is 5.26 Å². The Morgan fingerprint density at radius 3 is 2.31 bits per heavy atom. The van der Waals surface area contributed by atoms with Crippen molar-refractivity contribution in [3.8, 4) is 34.4 Å². The molecule has 0 bridgehead atoms. The van der Waals surface area contributed by atoms with Crippen LogP contribution < -0.4 is 14.8 Å². The first-order valence-electron chi connectivity index (χ1n) is 10.2. The molecule has 0 fully saturated rings. The number of fused-ring (bicyclic) bond motifs is 1. The van der Waals surface area contributed by atoms with Gasteiger partial charge in [0.05, 0.1) is 30.0 Å². The average molecular weight is 478 g/mol. The number of nitrogens with one attached hydrogen (secondary N) is 1. The van der Waals surface area contributed by atoms with E-state index >= 15 is 0 Å². The summed E-state index contributed by atoms with van der Waals surface area (Å²) in [7, 11) is 1.54. The van der Waals surface area contributed by atoms with Gasteiger partial charge < -0.3 is 19.9 Å². The molecule has 0 atom stereocenters. The van der Waals surface area contributed by atoms with Crippen LogP contribution in [0.25, 0.3) is 21.9 Å². The Morgan fingerprint density at radius 1 is 1.00 bits per heavy atom. The lowest BCUT2D eigenvalue weighted by Crippen LogP contribution is -2.20. The number of benzene rings is 4. The molecule has 0 aliphatic heterocycles. The highest BCUT2D eigenvalue weighted by Crippen LogP contribution is 2.38. The van der Waals surface area contributed by atoms with Crippen LogP contribution in [0, 0.1) is 11.3 Å². The fourth-order valence-electron chi connectivity index (χ4n) is 3.64. The summed E-state index contributed by atoms with van der Waals surface area (Å²) >= 11 is 0. The fraction of sp³-hybridized carbons (Fsp3) is 0.0769. The third-order valence-corrected chi connectivity index (χ3v) is 5.25. The van der Waals surface area contributed by atoms with E-state index in [1.807, 2.05) is 0 Å². The maximum Gasteiger partial charge on any atom is 0.573 e. The van der Waals surface area contributed by atoms with Gasteiger partial charge in [0.15, 0.2) is 5.75 Å². The van der Waals surface area contributed by atoms with Crippen molar-refractivity contribution in [1.82, 2.24) is 0 Å². The third kappa shape index (κ3) is 4.96. The van der Waals surface area contributed by atoms with Crippen LogP contribution in [-0.4, -0.2) is 24.5 Å². The van der Waals surface area contributed by atoms with Crippen molar-refractivity contribution >= 4 is 22.4 Å². The smallest absolute Gasteiger partial charge is 0.506 e. The molecule has 0 saturated heterocycles. The van der Waals surface area contributed by atoms with Crippen LogP contribution in [0.15, 0.2) is 72.8 Å². The van der Waals surface area contributed by atoms with E-state index in [4.69, 9.17) is 10.00 Å². The topological polar surface area (TPSA) is 91.6 Å². The van der Waals surface area contributed by atoms with Crippen molar-refractivity contribution in [2.75, 3.05) is 12.4 Å². The van der Waals surface area contributed by atoms with Gasteiger partial charge in [-0.05, 0) is 46.8 Å². The molecule has 0 heterocycles. The standard InChI is InChI=1S/C26H17F3N2O4/c1-34-17-9-7-16(8-10-17)20-13-21(24(32)19-5-3-2-4-18(19)20)25(33)31-22-11-6-15(14-30)12-23(22)35-26(27,28)29/h2-13,32H,1H3,(H,31,33). The Hall–Kier alpha value is -4.71.